The molecule has 0 spiro atoms. The Balaban J connectivity index is 1.78. The van der Waals surface area contributed by atoms with Crippen molar-refractivity contribution >= 4 is 29.0 Å². The second kappa shape index (κ2) is 7.23. The van der Waals surface area contributed by atoms with E-state index in [0.29, 0.717) is 17.0 Å². The number of amides is 1. The summed E-state index contributed by atoms with van der Waals surface area (Å²) >= 11 is 1.54. The van der Waals surface area contributed by atoms with E-state index < -0.39 is 4.92 Å². The second-order valence-corrected chi connectivity index (χ2v) is 5.97. The zero-order valence-corrected chi connectivity index (χ0v) is 14.1. The Labute approximate surface area is 148 Å². The van der Waals surface area contributed by atoms with Gasteiger partial charge in [0.1, 0.15) is 5.76 Å². The van der Waals surface area contributed by atoms with E-state index in [1.165, 1.54) is 23.9 Å². The third-order valence-electron chi connectivity index (χ3n) is 3.55. The van der Waals surface area contributed by atoms with Crippen LogP contribution in [0.4, 0.5) is 11.4 Å². The van der Waals surface area contributed by atoms with Gasteiger partial charge in [-0.25, -0.2) is 0 Å². The van der Waals surface area contributed by atoms with Gasteiger partial charge in [0.15, 0.2) is 5.76 Å². The van der Waals surface area contributed by atoms with Gasteiger partial charge in [-0.15, -0.1) is 11.8 Å². The van der Waals surface area contributed by atoms with Gasteiger partial charge in [0.25, 0.3) is 11.6 Å². The molecule has 3 aromatic rings. The number of nitro groups is 1. The van der Waals surface area contributed by atoms with Crippen LogP contribution >= 0.6 is 11.8 Å². The Kier molecular flexibility index (Phi) is 4.85. The van der Waals surface area contributed by atoms with Gasteiger partial charge in [0.2, 0.25) is 0 Å². The summed E-state index contributed by atoms with van der Waals surface area (Å²) in [4.78, 5) is 23.6. The summed E-state index contributed by atoms with van der Waals surface area (Å²) in [7, 11) is 0. The van der Waals surface area contributed by atoms with Crippen LogP contribution in [0.5, 0.6) is 0 Å². The molecule has 0 saturated heterocycles. The number of nitrogens with one attached hydrogen (secondary N) is 1. The highest BCUT2D eigenvalue weighted by molar-refractivity contribution is 7.98. The van der Waals surface area contributed by atoms with Crippen LogP contribution in [0.2, 0.25) is 0 Å². The summed E-state index contributed by atoms with van der Waals surface area (Å²) in [6, 6.07) is 16.7. The van der Waals surface area contributed by atoms with E-state index in [1.54, 1.807) is 24.3 Å². The standard InChI is InChI=1S/C18H14N2O4S/c1-25-17-5-3-2-4-14(17)19-18(21)16-11-10-15(24-16)12-6-8-13(9-7-12)20(22)23/h2-11H,1H3,(H,19,21). The molecular weight excluding hydrogens is 340 g/mol. The molecule has 0 atom stereocenters. The molecule has 0 aliphatic rings. The summed E-state index contributed by atoms with van der Waals surface area (Å²) in [5, 5.41) is 13.5. The number of benzene rings is 2. The van der Waals surface area contributed by atoms with E-state index in [0.717, 1.165) is 4.90 Å². The molecule has 0 unspecified atom stereocenters. The lowest BCUT2D eigenvalue weighted by molar-refractivity contribution is -0.384. The van der Waals surface area contributed by atoms with Crippen molar-refractivity contribution in [1.82, 2.24) is 0 Å². The fraction of sp³-hybridized carbons (Fsp3) is 0.0556. The fourth-order valence-electron chi connectivity index (χ4n) is 2.29. The first-order valence-corrected chi connectivity index (χ1v) is 8.60. The Hall–Kier alpha value is -3.06. The highest BCUT2D eigenvalue weighted by atomic mass is 32.2. The average molecular weight is 354 g/mol. The van der Waals surface area contributed by atoms with Crippen LogP contribution in [0.1, 0.15) is 10.6 Å². The third kappa shape index (κ3) is 3.72. The van der Waals surface area contributed by atoms with Crippen molar-refractivity contribution < 1.29 is 14.1 Å². The molecule has 1 amide bonds. The number of hydrogen-bond acceptors (Lipinski definition) is 5. The molecule has 25 heavy (non-hydrogen) atoms. The molecular formula is C18H14N2O4S. The van der Waals surface area contributed by atoms with E-state index in [1.807, 2.05) is 30.5 Å². The summed E-state index contributed by atoms with van der Waals surface area (Å²) in [6.07, 6.45) is 1.94. The Morgan fingerprint density at radius 1 is 1.08 bits per heavy atom. The minimum absolute atomic E-state index is 0.00180. The molecule has 2 aromatic carbocycles. The van der Waals surface area contributed by atoms with Crippen LogP contribution in [0.15, 0.2) is 70.0 Å². The number of nitro benzene ring substituents is 1. The summed E-state index contributed by atoms with van der Waals surface area (Å²) in [5.74, 6) is 0.289. The average Bonchev–Trinajstić information content (AvgIpc) is 3.12. The molecule has 3 rings (SSSR count). The molecule has 0 fully saturated rings. The highest BCUT2D eigenvalue weighted by Gasteiger charge is 2.14. The number of rotatable bonds is 5. The highest BCUT2D eigenvalue weighted by Crippen LogP contribution is 2.27. The number of hydrogen-bond donors (Lipinski definition) is 1. The molecule has 0 bridgehead atoms. The number of carbonyl (C=O) groups excluding carboxylic acids is 1. The van der Waals surface area contributed by atoms with E-state index in [-0.39, 0.29) is 17.4 Å². The van der Waals surface area contributed by atoms with Gasteiger partial charge in [-0.2, -0.15) is 0 Å². The van der Waals surface area contributed by atoms with Crippen LogP contribution < -0.4 is 5.32 Å². The monoisotopic (exact) mass is 354 g/mol. The predicted octanol–water partition coefficient (Wildman–Crippen LogP) is 4.83. The van der Waals surface area contributed by atoms with Crippen LogP contribution in [0.25, 0.3) is 11.3 Å². The largest absolute Gasteiger partial charge is 0.451 e. The number of anilines is 1. The molecule has 1 heterocycles. The lowest BCUT2D eigenvalue weighted by atomic mass is 10.1. The van der Waals surface area contributed by atoms with Crippen molar-refractivity contribution in [3.63, 3.8) is 0 Å². The quantitative estimate of drug-likeness (QED) is 0.403. The number of non-ortho nitro benzene ring substituents is 1. The predicted molar refractivity (Wildman–Crippen MR) is 97.0 cm³/mol. The van der Waals surface area contributed by atoms with Gasteiger partial charge >= 0.3 is 0 Å². The number of carbonyl (C=O) groups is 1. The van der Waals surface area contributed by atoms with Gasteiger partial charge in [-0.05, 0) is 42.7 Å². The molecule has 7 heteroatoms. The van der Waals surface area contributed by atoms with Crippen LogP contribution in [-0.2, 0) is 0 Å². The van der Waals surface area contributed by atoms with Crippen molar-refractivity contribution in [3.05, 3.63) is 76.5 Å². The maximum Gasteiger partial charge on any atom is 0.291 e. The molecule has 1 N–H and O–H groups in total. The van der Waals surface area contributed by atoms with Crippen molar-refractivity contribution in [1.29, 1.82) is 0 Å². The van der Waals surface area contributed by atoms with Crippen LogP contribution in [0.3, 0.4) is 0 Å². The molecule has 0 aliphatic carbocycles. The minimum Gasteiger partial charge on any atom is -0.451 e. The summed E-state index contributed by atoms with van der Waals surface area (Å²) < 4.78 is 5.59. The van der Waals surface area contributed by atoms with Crippen LogP contribution in [0, 0.1) is 10.1 Å². The van der Waals surface area contributed by atoms with Gasteiger partial charge in [0, 0.05) is 22.6 Å². The number of thioether (sulfide) groups is 1. The second-order valence-electron chi connectivity index (χ2n) is 5.12. The van der Waals surface area contributed by atoms with Gasteiger partial charge in [-0.1, -0.05) is 12.1 Å². The first kappa shape index (κ1) is 16.8. The smallest absolute Gasteiger partial charge is 0.291 e. The van der Waals surface area contributed by atoms with E-state index in [4.69, 9.17) is 4.42 Å². The Morgan fingerprint density at radius 2 is 1.80 bits per heavy atom. The van der Waals surface area contributed by atoms with E-state index >= 15 is 0 Å². The van der Waals surface area contributed by atoms with Crippen LogP contribution in [-0.4, -0.2) is 17.1 Å². The maximum absolute atomic E-state index is 12.4. The lowest BCUT2D eigenvalue weighted by Crippen LogP contribution is -2.11. The van der Waals surface area contributed by atoms with Gasteiger partial charge < -0.3 is 9.73 Å². The zero-order valence-electron chi connectivity index (χ0n) is 13.3. The molecule has 1 aromatic heterocycles. The van der Waals surface area contributed by atoms with Crippen molar-refractivity contribution in [2.45, 2.75) is 4.90 Å². The fourth-order valence-corrected chi connectivity index (χ4v) is 2.85. The molecule has 6 nitrogen and oxygen atoms in total. The van der Waals surface area contributed by atoms with Crippen molar-refractivity contribution in [3.8, 4) is 11.3 Å². The third-order valence-corrected chi connectivity index (χ3v) is 4.34. The number of furan rings is 1. The summed E-state index contributed by atoms with van der Waals surface area (Å²) in [5.41, 5.74) is 1.38. The Morgan fingerprint density at radius 3 is 2.48 bits per heavy atom. The molecule has 0 radical (unpaired) electrons. The molecule has 126 valence electrons. The Bertz CT molecular complexity index is 919. The lowest BCUT2D eigenvalue weighted by Gasteiger charge is -2.07. The number of nitrogens with zero attached hydrogens (tertiary/aromatic N) is 1. The normalized spacial score (nSPS) is 10.4. The van der Waals surface area contributed by atoms with E-state index in [2.05, 4.69) is 5.32 Å². The number of para-hydroxylation sites is 1. The first-order chi connectivity index (χ1) is 12.1. The molecule has 0 aliphatic heterocycles. The topological polar surface area (TPSA) is 85.4 Å². The first-order valence-electron chi connectivity index (χ1n) is 7.37. The maximum atomic E-state index is 12.4. The summed E-state index contributed by atoms with van der Waals surface area (Å²) in [6.45, 7) is 0. The molecule has 0 saturated carbocycles. The minimum atomic E-state index is -0.464. The zero-order chi connectivity index (χ0) is 17.8. The van der Waals surface area contributed by atoms with Crippen molar-refractivity contribution in [2.75, 3.05) is 11.6 Å². The SMILES string of the molecule is CSc1ccccc1NC(=O)c1ccc(-c2ccc([N+](=O)[O-])cc2)o1. The van der Waals surface area contributed by atoms with E-state index in [9.17, 15) is 14.9 Å². The van der Waals surface area contributed by atoms with Crippen molar-refractivity contribution in [2.24, 2.45) is 0 Å². The van der Waals surface area contributed by atoms with Gasteiger partial charge in [0.05, 0.1) is 10.6 Å². The van der Waals surface area contributed by atoms with Gasteiger partial charge in [-0.3, -0.25) is 14.9 Å².